The quantitative estimate of drug-likeness (QED) is 0.482. The number of fused-ring (bicyclic) bond motifs is 3. The first-order valence-corrected chi connectivity index (χ1v) is 12.8. The number of aliphatic hydroxyl groups is 1. The van der Waals surface area contributed by atoms with E-state index in [1.807, 2.05) is 0 Å². The smallest absolute Gasteiger partial charge is 0.339 e. The molecule has 180 valence electrons. The van der Waals surface area contributed by atoms with Gasteiger partial charge in [0.15, 0.2) is 18.2 Å². The maximum atomic E-state index is 13.6. The number of nitrogens with one attached hydrogen (secondary N) is 1. The van der Waals surface area contributed by atoms with E-state index in [2.05, 4.69) is 15.3 Å². The van der Waals surface area contributed by atoms with Crippen molar-refractivity contribution in [2.45, 2.75) is 75.9 Å². The molecule has 1 atom stereocenters. The van der Waals surface area contributed by atoms with Crippen molar-refractivity contribution in [3.63, 3.8) is 0 Å². The Morgan fingerprint density at radius 3 is 2.27 bits per heavy atom. The zero-order valence-electron chi connectivity index (χ0n) is 19.5. The fraction of sp³-hybridized carbons (Fsp3) is 0.760. The molecule has 1 aromatic rings. The fourth-order valence-electron chi connectivity index (χ4n) is 7.06. The molecule has 4 heterocycles. The second-order valence-corrected chi connectivity index (χ2v) is 10.8. The summed E-state index contributed by atoms with van der Waals surface area (Å²) in [5.41, 5.74) is -1.34. The highest BCUT2D eigenvalue weighted by Gasteiger charge is 2.55. The number of ether oxygens (including phenoxy) is 1. The highest BCUT2D eigenvalue weighted by molar-refractivity contribution is 5.90. The third kappa shape index (κ3) is 4.52. The number of quaternary nitrogens is 1. The monoisotopic (exact) mass is 457 g/mol. The molecule has 1 aromatic heterocycles. The van der Waals surface area contributed by atoms with E-state index >= 15 is 0 Å². The lowest BCUT2D eigenvalue weighted by Crippen LogP contribution is -2.67. The second kappa shape index (κ2) is 9.29. The first-order valence-electron chi connectivity index (χ1n) is 12.8. The number of amides is 1. The van der Waals surface area contributed by atoms with Crippen LogP contribution in [0.1, 0.15) is 64.2 Å². The minimum atomic E-state index is -1.34. The number of carbonyl (C=O) groups excluding carboxylic acids is 2. The van der Waals surface area contributed by atoms with E-state index in [1.54, 1.807) is 12.3 Å². The number of nitrogens with zero attached hydrogens (tertiary/aromatic N) is 3. The number of piperidine rings is 3. The van der Waals surface area contributed by atoms with Gasteiger partial charge in [0.25, 0.3) is 5.91 Å². The van der Waals surface area contributed by atoms with Gasteiger partial charge in [0.05, 0.1) is 13.1 Å². The van der Waals surface area contributed by atoms with Crippen molar-refractivity contribution in [1.29, 1.82) is 0 Å². The van der Waals surface area contributed by atoms with Gasteiger partial charge in [-0.15, -0.1) is 0 Å². The third-order valence-electron chi connectivity index (χ3n) is 8.91. The zero-order valence-corrected chi connectivity index (χ0v) is 19.5. The Morgan fingerprint density at radius 1 is 1.06 bits per heavy atom. The average Bonchev–Trinajstić information content (AvgIpc) is 3.54. The van der Waals surface area contributed by atoms with Crippen molar-refractivity contribution in [1.82, 2.24) is 9.97 Å². The van der Waals surface area contributed by atoms with Crippen LogP contribution in [0.3, 0.4) is 0 Å². The number of hydrogen-bond acceptors (Lipinski definition) is 6. The lowest BCUT2D eigenvalue weighted by molar-refractivity contribution is -0.939. The summed E-state index contributed by atoms with van der Waals surface area (Å²) in [5, 5.41) is 14.7. The first kappa shape index (κ1) is 22.7. The lowest BCUT2D eigenvalue weighted by Gasteiger charge is -2.52. The normalized spacial score (nSPS) is 30.5. The molecular weight excluding hydrogens is 420 g/mol. The topological polar surface area (TPSA) is 101 Å². The van der Waals surface area contributed by atoms with Crippen LogP contribution in [-0.2, 0) is 14.3 Å². The number of rotatable bonds is 7. The number of esters is 1. The largest absolute Gasteiger partial charge is 0.454 e. The van der Waals surface area contributed by atoms with Gasteiger partial charge in [0.1, 0.15) is 18.7 Å². The third-order valence-corrected chi connectivity index (χ3v) is 8.91. The van der Waals surface area contributed by atoms with Crippen LogP contribution >= 0.6 is 0 Å². The molecule has 3 aliphatic heterocycles. The van der Waals surface area contributed by atoms with E-state index in [-0.39, 0.29) is 29.8 Å². The zero-order chi connectivity index (χ0) is 22.9. The van der Waals surface area contributed by atoms with Crippen LogP contribution in [0.2, 0.25) is 0 Å². The van der Waals surface area contributed by atoms with E-state index in [1.165, 1.54) is 6.33 Å². The molecule has 5 fully saturated rings. The standard InChI is InChI=1S/C25H36N4O4/c30-23(28-22-9-12-26-17-27-22)16-29-13-10-18(11-14-29)21(15-29)33-24(31)25(32,19-5-1-2-6-19)20-7-3-4-8-20/h9,12,17-21,32H,1-8,10-11,13-16H2/p+1/t18?,21-,29?/m0/s1. The van der Waals surface area contributed by atoms with Gasteiger partial charge in [-0.05, 0) is 43.6 Å². The minimum absolute atomic E-state index is 0.0240. The Morgan fingerprint density at radius 2 is 1.70 bits per heavy atom. The molecule has 2 N–H and O–H groups in total. The van der Waals surface area contributed by atoms with E-state index in [4.69, 9.17) is 4.74 Å². The molecule has 1 amide bonds. The van der Waals surface area contributed by atoms with Crippen molar-refractivity contribution in [3.8, 4) is 0 Å². The second-order valence-electron chi connectivity index (χ2n) is 10.8. The molecule has 0 radical (unpaired) electrons. The van der Waals surface area contributed by atoms with Crippen molar-refractivity contribution < 1.29 is 23.9 Å². The van der Waals surface area contributed by atoms with E-state index in [9.17, 15) is 14.7 Å². The van der Waals surface area contributed by atoms with Gasteiger partial charge < -0.3 is 19.6 Å². The van der Waals surface area contributed by atoms with Crippen LogP contribution in [-0.4, -0.2) is 69.3 Å². The predicted molar refractivity (Wildman–Crippen MR) is 122 cm³/mol. The van der Waals surface area contributed by atoms with E-state index < -0.39 is 5.60 Å². The molecule has 0 aromatic carbocycles. The highest BCUT2D eigenvalue weighted by atomic mass is 16.6. The fourth-order valence-corrected chi connectivity index (χ4v) is 7.06. The number of carbonyl (C=O) groups is 2. The van der Waals surface area contributed by atoms with Crippen molar-refractivity contribution in [2.24, 2.45) is 17.8 Å². The molecule has 0 spiro atoms. The maximum Gasteiger partial charge on any atom is 0.339 e. The Hall–Kier alpha value is -2.06. The minimum Gasteiger partial charge on any atom is -0.454 e. The Balaban J connectivity index is 1.26. The molecule has 3 saturated heterocycles. The summed E-state index contributed by atoms with van der Waals surface area (Å²) in [4.78, 5) is 34.3. The van der Waals surface area contributed by atoms with E-state index in [0.29, 0.717) is 29.3 Å². The van der Waals surface area contributed by atoms with Gasteiger partial charge in [-0.3, -0.25) is 4.79 Å². The highest BCUT2D eigenvalue weighted by Crippen LogP contribution is 2.46. The van der Waals surface area contributed by atoms with Gasteiger partial charge in [-0.25, -0.2) is 14.8 Å². The summed E-state index contributed by atoms with van der Waals surface area (Å²) >= 11 is 0. The molecule has 2 saturated carbocycles. The van der Waals surface area contributed by atoms with Crippen molar-refractivity contribution >= 4 is 17.7 Å². The van der Waals surface area contributed by atoms with Crippen LogP contribution in [0, 0.1) is 17.8 Å². The van der Waals surface area contributed by atoms with Gasteiger partial charge >= 0.3 is 5.97 Å². The van der Waals surface area contributed by atoms with Gasteiger partial charge in [0, 0.05) is 25.0 Å². The molecule has 2 aliphatic carbocycles. The summed E-state index contributed by atoms with van der Waals surface area (Å²) < 4.78 is 6.82. The number of aromatic nitrogens is 2. The number of hydrogen-bond donors (Lipinski definition) is 2. The molecule has 6 rings (SSSR count). The summed E-state index contributed by atoms with van der Waals surface area (Å²) in [6.45, 7) is 2.84. The van der Waals surface area contributed by atoms with E-state index in [0.717, 1.165) is 77.3 Å². The molecule has 33 heavy (non-hydrogen) atoms. The van der Waals surface area contributed by atoms with Gasteiger partial charge in [0.2, 0.25) is 0 Å². The average molecular weight is 458 g/mol. The number of anilines is 1. The lowest BCUT2D eigenvalue weighted by atomic mass is 9.74. The van der Waals surface area contributed by atoms with Crippen LogP contribution in [0.25, 0.3) is 0 Å². The Bertz CT molecular complexity index is 827. The predicted octanol–water partition coefficient (Wildman–Crippen LogP) is 2.68. The van der Waals surface area contributed by atoms with Gasteiger partial charge in [-0.2, -0.15) is 0 Å². The summed E-state index contributed by atoms with van der Waals surface area (Å²) in [5.74, 6) is 0.416. The molecular formula is C25H37N4O4+. The molecule has 0 unspecified atom stereocenters. The Kier molecular flexibility index (Phi) is 6.40. The van der Waals surface area contributed by atoms with Crippen LogP contribution < -0.4 is 5.32 Å². The van der Waals surface area contributed by atoms with Crippen LogP contribution in [0.5, 0.6) is 0 Å². The SMILES string of the molecule is O=C(C[N+]12CCC(CC1)[C@@H](OC(=O)C(O)(C1CCCC1)C1CCCC1)C2)Nc1ccncn1. The summed E-state index contributed by atoms with van der Waals surface area (Å²) in [6, 6.07) is 1.68. The van der Waals surface area contributed by atoms with Crippen LogP contribution in [0.15, 0.2) is 18.6 Å². The van der Waals surface area contributed by atoms with Crippen molar-refractivity contribution in [3.05, 3.63) is 18.6 Å². The van der Waals surface area contributed by atoms with Crippen molar-refractivity contribution in [2.75, 3.05) is 31.5 Å². The molecule has 2 bridgehead atoms. The van der Waals surface area contributed by atoms with Crippen LogP contribution in [0.4, 0.5) is 5.82 Å². The molecule has 5 aliphatic rings. The molecule has 8 nitrogen and oxygen atoms in total. The molecule has 8 heteroatoms. The maximum absolute atomic E-state index is 13.6. The summed E-state index contributed by atoms with van der Waals surface area (Å²) in [7, 11) is 0. The summed E-state index contributed by atoms with van der Waals surface area (Å²) in [6.07, 6.45) is 12.7. The first-order chi connectivity index (χ1) is 16.0. The van der Waals surface area contributed by atoms with Gasteiger partial charge in [-0.1, -0.05) is 25.7 Å². The Labute approximate surface area is 195 Å².